The summed E-state index contributed by atoms with van der Waals surface area (Å²) in [6.45, 7) is 10.1. The van der Waals surface area contributed by atoms with Gasteiger partial charge in [0.25, 0.3) is 12.0 Å². The van der Waals surface area contributed by atoms with Crippen molar-refractivity contribution in [1.29, 1.82) is 0 Å². The van der Waals surface area contributed by atoms with E-state index in [2.05, 4.69) is 4.90 Å². The number of amides is 2. The van der Waals surface area contributed by atoms with E-state index in [1.165, 1.54) is 29.2 Å². The molecule has 1 aliphatic heterocycles. The molecule has 0 N–H and O–H groups in total. The molecule has 2 atom stereocenters. The standard InChI is InChI=1S/C33H36F3N3O4/c1-22-20-38(18-19-39(22,31(42)43)32(2,3)4)21-23-6-16-28(17-7-23)37(5)30(41)26-10-8-24(9-11-26)29(40)25-12-14-27(15-13-25)33(34,35)36/h6-17,22H,18-21H2,1-5H3/t22-,39?/m0/s1. The number of ketones is 1. The Kier molecular flexibility index (Phi) is 8.85. The van der Waals surface area contributed by atoms with Gasteiger partial charge in [0, 0.05) is 42.5 Å². The minimum atomic E-state index is -4.48. The largest absolute Gasteiger partial charge is 0.498 e. The van der Waals surface area contributed by atoms with Gasteiger partial charge in [0.1, 0.15) is 6.04 Å². The summed E-state index contributed by atoms with van der Waals surface area (Å²) in [5.41, 5.74) is 1.13. The lowest BCUT2D eigenvalue weighted by atomic mass is 9.95. The molecule has 1 aliphatic rings. The van der Waals surface area contributed by atoms with Crippen molar-refractivity contribution in [2.45, 2.75) is 52.0 Å². The lowest BCUT2D eigenvalue weighted by Crippen LogP contribution is -2.76. The minimum Gasteiger partial charge on any atom is -0.498 e. The van der Waals surface area contributed by atoms with Crippen LogP contribution in [-0.4, -0.2) is 65.4 Å². The number of hydrogen-bond acceptors (Lipinski definition) is 5. The number of alkyl halides is 3. The number of hydrogen-bond donors (Lipinski definition) is 0. The van der Waals surface area contributed by atoms with Gasteiger partial charge in [-0.3, -0.25) is 19.0 Å². The van der Waals surface area contributed by atoms with Gasteiger partial charge in [-0.15, -0.1) is 0 Å². The Morgan fingerprint density at radius 1 is 0.884 bits per heavy atom. The van der Waals surface area contributed by atoms with Gasteiger partial charge in [-0.2, -0.15) is 13.2 Å². The summed E-state index contributed by atoms with van der Waals surface area (Å²) < 4.78 is 38.4. The maximum Gasteiger partial charge on any atom is 0.416 e. The van der Waals surface area contributed by atoms with Crippen LogP contribution in [0.5, 0.6) is 0 Å². The zero-order valence-corrected chi connectivity index (χ0v) is 24.9. The Hall–Kier alpha value is -4.02. The number of anilines is 1. The molecule has 1 unspecified atom stereocenters. The Morgan fingerprint density at radius 3 is 1.86 bits per heavy atom. The predicted octanol–water partition coefficient (Wildman–Crippen LogP) is 5.38. The number of carbonyl (C=O) groups is 3. The fourth-order valence-electron chi connectivity index (χ4n) is 5.94. The molecule has 0 aliphatic carbocycles. The fourth-order valence-corrected chi connectivity index (χ4v) is 5.94. The third kappa shape index (κ3) is 6.50. The summed E-state index contributed by atoms with van der Waals surface area (Å²) in [7, 11) is 1.65. The molecule has 0 aromatic heterocycles. The molecular weight excluding hydrogens is 559 g/mol. The quantitative estimate of drug-likeness (QED) is 0.283. The second-order valence-electron chi connectivity index (χ2n) is 12.1. The van der Waals surface area contributed by atoms with E-state index in [4.69, 9.17) is 0 Å². The SMILES string of the molecule is C[C@H]1CN(Cc2ccc(N(C)C(=O)c3ccc(C(=O)c4ccc(C(F)(F)F)cc4)cc3)cc2)CC[N+]1(C(=O)[O-])C(C)(C)C. The molecule has 0 bridgehead atoms. The smallest absolute Gasteiger partial charge is 0.416 e. The molecule has 4 rings (SSSR count). The maximum absolute atomic E-state index is 13.1. The summed E-state index contributed by atoms with van der Waals surface area (Å²) in [6.07, 6.45) is -5.53. The number of carbonyl (C=O) groups excluding carboxylic acids is 3. The van der Waals surface area contributed by atoms with Crippen LogP contribution in [0.4, 0.5) is 23.7 Å². The first-order valence-electron chi connectivity index (χ1n) is 14.1. The highest BCUT2D eigenvalue weighted by Gasteiger charge is 2.49. The van der Waals surface area contributed by atoms with Crippen LogP contribution >= 0.6 is 0 Å². The molecule has 0 spiro atoms. The van der Waals surface area contributed by atoms with E-state index in [1.54, 1.807) is 7.05 Å². The number of piperazine rings is 1. The van der Waals surface area contributed by atoms with Crippen molar-refractivity contribution >= 4 is 23.5 Å². The van der Waals surface area contributed by atoms with E-state index in [-0.39, 0.29) is 27.6 Å². The van der Waals surface area contributed by atoms with Crippen molar-refractivity contribution < 1.29 is 37.1 Å². The normalized spacial score (nSPS) is 19.6. The van der Waals surface area contributed by atoms with E-state index in [1.807, 2.05) is 52.0 Å². The lowest BCUT2D eigenvalue weighted by Gasteiger charge is -2.55. The summed E-state index contributed by atoms with van der Waals surface area (Å²) in [6, 6.07) is 17.4. The average Bonchev–Trinajstić information content (AvgIpc) is 2.95. The van der Waals surface area contributed by atoms with Crippen LogP contribution < -0.4 is 10.0 Å². The van der Waals surface area contributed by atoms with Crippen LogP contribution in [0, 0.1) is 0 Å². The molecule has 3 aromatic carbocycles. The van der Waals surface area contributed by atoms with Gasteiger partial charge in [-0.1, -0.05) is 36.4 Å². The van der Waals surface area contributed by atoms with E-state index < -0.39 is 29.2 Å². The number of benzene rings is 3. The van der Waals surface area contributed by atoms with Gasteiger partial charge in [0.15, 0.2) is 5.78 Å². The van der Waals surface area contributed by atoms with Crippen LogP contribution in [0.2, 0.25) is 0 Å². The van der Waals surface area contributed by atoms with Crippen molar-refractivity contribution in [3.8, 4) is 0 Å². The monoisotopic (exact) mass is 595 g/mol. The number of carboxylic acid groups (broad SMARTS) is 1. The van der Waals surface area contributed by atoms with Gasteiger partial charge in [0.05, 0.1) is 24.2 Å². The summed E-state index contributed by atoms with van der Waals surface area (Å²) in [5.74, 6) is -0.730. The third-order valence-electron chi connectivity index (χ3n) is 8.47. The van der Waals surface area contributed by atoms with Crippen molar-refractivity contribution in [3.63, 3.8) is 0 Å². The molecule has 43 heavy (non-hydrogen) atoms. The molecule has 1 heterocycles. The maximum atomic E-state index is 13.1. The van der Waals surface area contributed by atoms with Crippen molar-refractivity contribution in [3.05, 3.63) is 101 Å². The van der Waals surface area contributed by atoms with Crippen molar-refractivity contribution in [1.82, 2.24) is 4.90 Å². The first kappa shape index (κ1) is 31.9. The molecule has 0 radical (unpaired) electrons. The summed E-state index contributed by atoms with van der Waals surface area (Å²) in [5, 5.41) is 12.2. The van der Waals surface area contributed by atoms with Crippen LogP contribution in [0.15, 0.2) is 72.8 Å². The highest BCUT2D eigenvalue weighted by Crippen LogP contribution is 2.32. The first-order chi connectivity index (χ1) is 20.0. The van der Waals surface area contributed by atoms with Crippen molar-refractivity contribution in [2.75, 3.05) is 31.6 Å². The van der Waals surface area contributed by atoms with Gasteiger partial charge >= 0.3 is 6.18 Å². The number of quaternary nitrogens is 1. The number of nitrogens with zero attached hydrogens (tertiary/aromatic N) is 3. The second-order valence-corrected chi connectivity index (χ2v) is 12.1. The Labute approximate surface area is 249 Å². The molecule has 10 heteroatoms. The second kappa shape index (κ2) is 11.9. The molecule has 228 valence electrons. The van der Waals surface area contributed by atoms with Crippen molar-refractivity contribution in [2.24, 2.45) is 0 Å². The minimum absolute atomic E-state index is 0.0838. The lowest BCUT2D eigenvalue weighted by molar-refractivity contribution is -0.943. The van der Waals surface area contributed by atoms with Crippen LogP contribution in [0.1, 0.15) is 65.1 Å². The van der Waals surface area contributed by atoms with E-state index in [9.17, 15) is 32.7 Å². The summed E-state index contributed by atoms with van der Waals surface area (Å²) in [4.78, 5) is 41.8. The fraction of sp³-hybridized carbons (Fsp3) is 0.364. The zero-order chi connectivity index (χ0) is 31.7. The number of rotatable bonds is 6. The first-order valence-corrected chi connectivity index (χ1v) is 14.1. The number of halogens is 3. The highest BCUT2D eigenvalue weighted by atomic mass is 19.4. The van der Waals surface area contributed by atoms with Gasteiger partial charge in [0.2, 0.25) is 0 Å². The molecule has 3 aromatic rings. The predicted molar refractivity (Wildman–Crippen MR) is 156 cm³/mol. The highest BCUT2D eigenvalue weighted by molar-refractivity contribution is 6.10. The van der Waals surface area contributed by atoms with Crippen LogP contribution in [0.3, 0.4) is 0 Å². The molecular formula is C33H36F3N3O4. The van der Waals surface area contributed by atoms with E-state index in [0.717, 1.165) is 29.8 Å². The van der Waals surface area contributed by atoms with E-state index >= 15 is 0 Å². The topological polar surface area (TPSA) is 80.8 Å². The Bertz CT molecular complexity index is 1480. The molecule has 7 nitrogen and oxygen atoms in total. The Morgan fingerprint density at radius 2 is 1.40 bits per heavy atom. The molecule has 2 amide bonds. The van der Waals surface area contributed by atoms with Crippen LogP contribution in [0.25, 0.3) is 0 Å². The Balaban J connectivity index is 1.38. The molecule has 1 saturated heterocycles. The zero-order valence-electron chi connectivity index (χ0n) is 24.9. The van der Waals surface area contributed by atoms with Crippen LogP contribution in [-0.2, 0) is 12.7 Å². The summed E-state index contributed by atoms with van der Waals surface area (Å²) >= 11 is 0. The van der Waals surface area contributed by atoms with Gasteiger partial charge in [-0.25, -0.2) is 0 Å². The van der Waals surface area contributed by atoms with Gasteiger partial charge in [-0.05, 0) is 69.7 Å². The third-order valence-corrected chi connectivity index (χ3v) is 8.47. The average molecular weight is 596 g/mol. The van der Waals surface area contributed by atoms with E-state index in [0.29, 0.717) is 37.4 Å². The molecule has 0 saturated carbocycles. The molecule has 1 fully saturated rings. The van der Waals surface area contributed by atoms with Gasteiger partial charge < -0.3 is 14.8 Å².